The minimum Gasteiger partial charge on any atom is -0.327 e. The molecule has 0 radical (unpaired) electrons. The molecule has 3 heteroatoms. The smallest absolute Gasteiger partial charge is 0.0705 e. The third kappa shape index (κ3) is 3.00. The van der Waals surface area contributed by atoms with Crippen LogP contribution in [0.1, 0.15) is 11.4 Å². The molecule has 0 saturated carbocycles. The Morgan fingerprint density at radius 3 is 2.50 bits per heavy atom. The van der Waals surface area contributed by atoms with Crippen LogP contribution in [0.5, 0.6) is 0 Å². The average Bonchev–Trinajstić information content (AvgIpc) is 2.48. The Kier molecular flexibility index (Phi) is 3.70. The van der Waals surface area contributed by atoms with Gasteiger partial charge in [0.1, 0.15) is 0 Å². The highest BCUT2D eigenvalue weighted by Crippen LogP contribution is 2.13. The molecule has 20 heavy (non-hydrogen) atoms. The van der Waals surface area contributed by atoms with Gasteiger partial charge in [-0.15, -0.1) is 0 Å². The van der Waals surface area contributed by atoms with Crippen molar-refractivity contribution in [3.05, 3.63) is 72.2 Å². The van der Waals surface area contributed by atoms with E-state index in [4.69, 9.17) is 5.73 Å². The van der Waals surface area contributed by atoms with Crippen LogP contribution >= 0.6 is 0 Å². The van der Waals surface area contributed by atoms with Gasteiger partial charge in [0, 0.05) is 41.9 Å². The van der Waals surface area contributed by atoms with Crippen molar-refractivity contribution >= 4 is 10.9 Å². The molecule has 3 nitrogen and oxygen atoms in total. The molecule has 1 atom stereocenters. The first-order valence-electron chi connectivity index (χ1n) is 6.81. The summed E-state index contributed by atoms with van der Waals surface area (Å²) in [5.74, 6) is 0. The Balaban J connectivity index is 1.72. The first-order chi connectivity index (χ1) is 9.81. The van der Waals surface area contributed by atoms with Gasteiger partial charge in [-0.1, -0.05) is 30.3 Å². The predicted octanol–water partition coefficient (Wildman–Crippen LogP) is 2.74. The van der Waals surface area contributed by atoms with E-state index in [1.54, 1.807) is 6.20 Å². The molecular formula is C17H17N3. The summed E-state index contributed by atoms with van der Waals surface area (Å²) in [5, 5.41) is 1.16. The maximum absolute atomic E-state index is 6.20. The zero-order chi connectivity index (χ0) is 13.8. The number of rotatable bonds is 4. The summed E-state index contributed by atoms with van der Waals surface area (Å²) in [7, 11) is 0. The van der Waals surface area contributed by atoms with Crippen LogP contribution in [0.4, 0.5) is 0 Å². The normalized spacial score (nSPS) is 12.4. The van der Waals surface area contributed by atoms with Gasteiger partial charge in [-0.3, -0.25) is 9.97 Å². The van der Waals surface area contributed by atoms with Crippen molar-refractivity contribution in [2.45, 2.75) is 18.9 Å². The lowest BCUT2D eigenvalue weighted by Gasteiger charge is -2.11. The predicted molar refractivity (Wildman–Crippen MR) is 81.4 cm³/mol. The Morgan fingerprint density at radius 1 is 0.850 bits per heavy atom. The van der Waals surface area contributed by atoms with E-state index in [1.807, 2.05) is 36.4 Å². The molecule has 0 fully saturated rings. The van der Waals surface area contributed by atoms with E-state index in [9.17, 15) is 0 Å². The first-order valence-corrected chi connectivity index (χ1v) is 6.81. The van der Waals surface area contributed by atoms with Gasteiger partial charge in [0.2, 0.25) is 0 Å². The monoisotopic (exact) mass is 263 g/mol. The molecule has 0 aliphatic heterocycles. The summed E-state index contributed by atoms with van der Waals surface area (Å²) in [4.78, 5) is 8.97. The lowest BCUT2D eigenvalue weighted by atomic mass is 10.1. The molecular weight excluding hydrogens is 246 g/mol. The van der Waals surface area contributed by atoms with Crippen molar-refractivity contribution in [2.24, 2.45) is 5.73 Å². The Bertz CT molecular complexity index is 695. The maximum Gasteiger partial charge on any atom is 0.0705 e. The van der Waals surface area contributed by atoms with E-state index in [2.05, 4.69) is 28.2 Å². The van der Waals surface area contributed by atoms with Gasteiger partial charge in [0.15, 0.2) is 0 Å². The van der Waals surface area contributed by atoms with E-state index in [0.29, 0.717) is 0 Å². The SMILES string of the molecule is NC(Cc1ccccn1)Cc1ccc2ccccc2n1. The van der Waals surface area contributed by atoms with Crippen LogP contribution in [0.15, 0.2) is 60.8 Å². The summed E-state index contributed by atoms with van der Waals surface area (Å²) in [6, 6.07) is 18.2. The zero-order valence-electron chi connectivity index (χ0n) is 11.2. The van der Waals surface area contributed by atoms with Crippen molar-refractivity contribution in [1.29, 1.82) is 0 Å². The number of nitrogens with zero attached hydrogens (tertiary/aromatic N) is 2. The minimum atomic E-state index is 0.0403. The van der Waals surface area contributed by atoms with Crippen LogP contribution in [0.25, 0.3) is 10.9 Å². The lowest BCUT2D eigenvalue weighted by molar-refractivity contribution is 0.646. The molecule has 0 aliphatic rings. The van der Waals surface area contributed by atoms with E-state index in [0.717, 1.165) is 35.1 Å². The largest absolute Gasteiger partial charge is 0.327 e. The highest BCUT2D eigenvalue weighted by molar-refractivity contribution is 5.78. The number of fused-ring (bicyclic) bond motifs is 1. The van der Waals surface area contributed by atoms with E-state index < -0.39 is 0 Å². The van der Waals surface area contributed by atoms with Crippen molar-refractivity contribution < 1.29 is 0 Å². The maximum atomic E-state index is 6.20. The van der Waals surface area contributed by atoms with Gasteiger partial charge in [-0.25, -0.2) is 0 Å². The topological polar surface area (TPSA) is 51.8 Å². The summed E-state index contributed by atoms with van der Waals surface area (Å²) >= 11 is 0. The fourth-order valence-corrected chi connectivity index (χ4v) is 2.35. The van der Waals surface area contributed by atoms with Crippen LogP contribution < -0.4 is 5.73 Å². The average molecular weight is 263 g/mol. The molecule has 0 aliphatic carbocycles. The quantitative estimate of drug-likeness (QED) is 0.787. The Labute approximate surface area is 118 Å². The number of hydrogen-bond acceptors (Lipinski definition) is 3. The van der Waals surface area contributed by atoms with Gasteiger partial charge < -0.3 is 5.73 Å². The molecule has 0 bridgehead atoms. The van der Waals surface area contributed by atoms with Crippen LogP contribution in [0.2, 0.25) is 0 Å². The van der Waals surface area contributed by atoms with Gasteiger partial charge in [0.25, 0.3) is 0 Å². The molecule has 3 aromatic rings. The highest BCUT2D eigenvalue weighted by Gasteiger charge is 2.07. The highest BCUT2D eigenvalue weighted by atomic mass is 14.7. The molecule has 2 heterocycles. The number of benzene rings is 1. The third-order valence-electron chi connectivity index (χ3n) is 3.32. The molecule has 2 N–H and O–H groups in total. The van der Waals surface area contributed by atoms with Crippen molar-refractivity contribution in [2.75, 3.05) is 0 Å². The van der Waals surface area contributed by atoms with E-state index in [-0.39, 0.29) is 6.04 Å². The van der Waals surface area contributed by atoms with Crippen LogP contribution in [0.3, 0.4) is 0 Å². The van der Waals surface area contributed by atoms with Crippen molar-refractivity contribution in [3.63, 3.8) is 0 Å². The third-order valence-corrected chi connectivity index (χ3v) is 3.32. The number of para-hydroxylation sites is 1. The second kappa shape index (κ2) is 5.80. The summed E-state index contributed by atoms with van der Waals surface area (Å²) in [6.07, 6.45) is 3.34. The fraction of sp³-hybridized carbons (Fsp3) is 0.176. The fourth-order valence-electron chi connectivity index (χ4n) is 2.35. The number of pyridine rings is 2. The molecule has 2 aromatic heterocycles. The van der Waals surface area contributed by atoms with Crippen LogP contribution in [-0.4, -0.2) is 16.0 Å². The second-order valence-electron chi connectivity index (χ2n) is 4.98. The van der Waals surface area contributed by atoms with Crippen LogP contribution in [0, 0.1) is 0 Å². The van der Waals surface area contributed by atoms with Crippen molar-refractivity contribution in [1.82, 2.24) is 9.97 Å². The molecule has 100 valence electrons. The van der Waals surface area contributed by atoms with Gasteiger partial charge in [-0.2, -0.15) is 0 Å². The Hall–Kier alpha value is -2.26. The molecule has 0 saturated heterocycles. The standard InChI is InChI=1S/C17H17N3/c18-14(11-15-6-3-4-10-19-15)12-16-9-8-13-5-1-2-7-17(13)20-16/h1-10,14H,11-12,18H2. The molecule has 3 rings (SSSR count). The summed E-state index contributed by atoms with van der Waals surface area (Å²) in [6.45, 7) is 0. The summed E-state index contributed by atoms with van der Waals surface area (Å²) < 4.78 is 0. The zero-order valence-corrected chi connectivity index (χ0v) is 11.2. The molecule has 0 amide bonds. The minimum absolute atomic E-state index is 0.0403. The molecule has 1 unspecified atom stereocenters. The van der Waals surface area contributed by atoms with Crippen molar-refractivity contribution in [3.8, 4) is 0 Å². The molecule has 0 spiro atoms. The van der Waals surface area contributed by atoms with Gasteiger partial charge in [-0.05, 0) is 24.3 Å². The van der Waals surface area contributed by atoms with E-state index in [1.165, 1.54) is 0 Å². The second-order valence-corrected chi connectivity index (χ2v) is 4.98. The number of aromatic nitrogens is 2. The van der Waals surface area contributed by atoms with Gasteiger partial charge >= 0.3 is 0 Å². The molecule has 1 aromatic carbocycles. The van der Waals surface area contributed by atoms with Gasteiger partial charge in [0.05, 0.1) is 5.52 Å². The first kappa shape index (κ1) is 12.8. The van der Waals surface area contributed by atoms with Crippen LogP contribution in [-0.2, 0) is 12.8 Å². The Morgan fingerprint density at radius 2 is 1.65 bits per heavy atom. The lowest BCUT2D eigenvalue weighted by Crippen LogP contribution is -2.26. The number of nitrogens with two attached hydrogens (primary N) is 1. The number of hydrogen-bond donors (Lipinski definition) is 1. The van der Waals surface area contributed by atoms with E-state index >= 15 is 0 Å². The summed E-state index contributed by atoms with van der Waals surface area (Å²) in [5.41, 5.74) is 9.29.